The first-order chi connectivity index (χ1) is 11.2. The van der Waals surface area contributed by atoms with Crippen molar-refractivity contribution in [3.63, 3.8) is 0 Å². The van der Waals surface area contributed by atoms with Crippen LogP contribution in [0.3, 0.4) is 0 Å². The summed E-state index contributed by atoms with van der Waals surface area (Å²) in [6, 6.07) is 8.90. The second kappa shape index (κ2) is 5.68. The molecule has 1 aliphatic rings. The fraction of sp³-hybridized carbons (Fsp3) is 0.267. The van der Waals surface area contributed by atoms with E-state index in [2.05, 4.69) is 15.0 Å². The van der Waals surface area contributed by atoms with Gasteiger partial charge in [0, 0.05) is 12.6 Å². The van der Waals surface area contributed by atoms with Gasteiger partial charge < -0.3 is 14.1 Å². The van der Waals surface area contributed by atoms with Crippen LogP contribution in [0, 0.1) is 0 Å². The molecule has 4 rings (SSSR count). The van der Waals surface area contributed by atoms with E-state index in [1.807, 2.05) is 29.2 Å². The molecular formula is C15H13ClN4O3. The summed E-state index contributed by atoms with van der Waals surface area (Å²) >= 11 is 5.93. The summed E-state index contributed by atoms with van der Waals surface area (Å²) in [7, 11) is 0. The molecule has 1 fully saturated rings. The average Bonchev–Trinajstić information content (AvgIpc) is 2.98. The van der Waals surface area contributed by atoms with E-state index >= 15 is 0 Å². The number of anilines is 1. The van der Waals surface area contributed by atoms with Crippen molar-refractivity contribution in [1.29, 1.82) is 0 Å². The lowest BCUT2D eigenvalue weighted by Gasteiger charge is -2.34. The van der Waals surface area contributed by atoms with Crippen molar-refractivity contribution in [2.24, 2.45) is 0 Å². The molecule has 1 N–H and O–H groups in total. The fourth-order valence-corrected chi connectivity index (χ4v) is 2.86. The van der Waals surface area contributed by atoms with Gasteiger partial charge in [0.1, 0.15) is 22.5 Å². The van der Waals surface area contributed by atoms with Crippen molar-refractivity contribution < 1.29 is 9.15 Å². The van der Waals surface area contributed by atoms with Gasteiger partial charge in [-0.1, -0.05) is 23.7 Å². The lowest BCUT2D eigenvalue weighted by atomic mass is 10.2. The van der Waals surface area contributed by atoms with E-state index in [0.717, 1.165) is 5.52 Å². The van der Waals surface area contributed by atoms with E-state index in [-0.39, 0.29) is 11.2 Å². The largest absolute Gasteiger partial charge is 0.438 e. The van der Waals surface area contributed by atoms with E-state index in [4.69, 9.17) is 20.8 Å². The molecule has 1 unspecified atom stereocenters. The van der Waals surface area contributed by atoms with Crippen LogP contribution in [-0.4, -0.2) is 34.7 Å². The van der Waals surface area contributed by atoms with E-state index in [1.165, 1.54) is 0 Å². The van der Waals surface area contributed by atoms with E-state index in [1.54, 1.807) is 6.07 Å². The molecule has 0 saturated carbocycles. The number of hydrogen-bond donors (Lipinski definition) is 1. The lowest BCUT2D eigenvalue weighted by Crippen LogP contribution is -2.41. The van der Waals surface area contributed by atoms with Gasteiger partial charge in [-0.15, -0.1) is 0 Å². The van der Waals surface area contributed by atoms with Gasteiger partial charge >= 0.3 is 5.69 Å². The molecule has 8 heteroatoms. The number of para-hydroxylation sites is 2. The third-order valence-electron chi connectivity index (χ3n) is 3.72. The third kappa shape index (κ3) is 2.69. The Hall–Kier alpha value is -2.38. The molecule has 7 nitrogen and oxygen atoms in total. The smallest absolute Gasteiger partial charge is 0.348 e. The summed E-state index contributed by atoms with van der Waals surface area (Å²) in [4.78, 5) is 24.5. The zero-order valence-electron chi connectivity index (χ0n) is 12.0. The molecule has 0 aliphatic carbocycles. The quantitative estimate of drug-likeness (QED) is 0.724. The van der Waals surface area contributed by atoms with Gasteiger partial charge in [0.25, 0.3) is 0 Å². The Morgan fingerprint density at radius 1 is 1.30 bits per heavy atom. The maximum absolute atomic E-state index is 11.6. The lowest BCUT2D eigenvalue weighted by molar-refractivity contribution is 0.0861. The number of nitrogens with zero attached hydrogens (tertiary/aromatic N) is 3. The van der Waals surface area contributed by atoms with Gasteiger partial charge in [0.2, 0.25) is 5.89 Å². The summed E-state index contributed by atoms with van der Waals surface area (Å²) in [5.41, 5.74) is 1.00. The number of aromatic amines is 1. The molecule has 1 saturated heterocycles. The number of morpholine rings is 1. The Balaban J connectivity index is 1.76. The highest BCUT2D eigenvalue weighted by atomic mass is 35.5. The molecule has 1 aromatic carbocycles. The molecule has 1 aliphatic heterocycles. The second-order valence-corrected chi connectivity index (χ2v) is 5.60. The maximum Gasteiger partial charge on any atom is 0.348 e. The summed E-state index contributed by atoms with van der Waals surface area (Å²) in [5.74, 6) is 1.01. The number of H-pyrrole nitrogens is 1. The van der Waals surface area contributed by atoms with Crippen LogP contribution in [0.25, 0.3) is 11.1 Å². The normalized spacial score (nSPS) is 18.5. The molecule has 0 spiro atoms. The number of aromatic nitrogens is 3. The van der Waals surface area contributed by atoms with E-state index in [0.29, 0.717) is 37.1 Å². The van der Waals surface area contributed by atoms with E-state index < -0.39 is 5.69 Å². The summed E-state index contributed by atoms with van der Waals surface area (Å²) in [5, 5.41) is 0.239. The van der Waals surface area contributed by atoms with Crippen molar-refractivity contribution >= 4 is 28.5 Å². The number of nitrogens with one attached hydrogen (secondary N) is 1. The minimum absolute atomic E-state index is 0.239. The average molecular weight is 333 g/mol. The maximum atomic E-state index is 11.6. The van der Waals surface area contributed by atoms with Gasteiger partial charge in [0.15, 0.2) is 5.58 Å². The van der Waals surface area contributed by atoms with Crippen LogP contribution in [-0.2, 0) is 4.74 Å². The number of halogens is 1. The Morgan fingerprint density at radius 3 is 3.00 bits per heavy atom. The first kappa shape index (κ1) is 14.2. The highest BCUT2D eigenvalue weighted by Crippen LogP contribution is 2.30. The molecule has 0 radical (unpaired) electrons. The molecule has 3 aromatic rings. The molecule has 2 aromatic heterocycles. The van der Waals surface area contributed by atoms with Gasteiger partial charge in [0.05, 0.1) is 13.2 Å². The van der Waals surface area contributed by atoms with Gasteiger partial charge in [-0.05, 0) is 12.1 Å². The molecular weight excluding hydrogens is 320 g/mol. The number of benzene rings is 1. The Morgan fingerprint density at radius 2 is 2.17 bits per heavy atom. The van der Waals surface area contributed by atoms with Crippen molar-refractivity contribution in [1.82, 2.24) is 15.0 Å². The third-order valence-corrected chi connectivity index (χ3v) is 3.92. The number of oxazole rings is 1. The number of ether oxygens (including phenoxy) is 1. The van der Waals surface area contributed by atoms with Crippen LogP contribution < -0.4 is 10.6 Å². The zero-order chi connectivity index (χ0) is 15.8. The molecule has 118 valence electrons. The molecule has 0 bridgehead atoms. The van der Waals surface area contributed by atoms with Crippen LogP contribution in [0.5, 0.6) is 0 Å². The van der Waals surface area contributed by atoms with Crippen LogP contribution in [0.4, 0.5) is 5.82 Å². The molecule has 1 atom stereocenters. The monoisotopic (exact) mass is 332 g/mol. The van der Waals surface area contributed by atoms with Crippen LogP contribution in [0.1, 0.15) is 11.9 Å². The van der Waals surface area contributed by atoms with Crippen LogP contribution >= 0.6 is 11.6 Å². The summed E-state index contributed by atoms with van der Waals surface area (Å²) < 4.78 is 11.4. The van der Waals surface area contributed by atoms with Crippen molar-refractivity contribution in [2.45, 2.75) is 6.04 Å². The second-order valence-electron chi connectivity index (χ2n) is 5.20. The minimum atomic E-state index is -0.490. The molecule has 23 heavy (non-hydrogen) atoms. The first-order valence-corrected chi connectivity index (χ1v) is 7.55. The van der Waals surface area contributed by atoms with Gasteiger partial charge in [-0.25, -0.2) is 9.78 Å². The Kier molecular flexibility index (Phi) is 3.51. The topological polar surface area (TPSA) is 84.2 Å². The predicted octanol–water partition coefficient (Wildman–Crippen LogP) is 2.14. The number of rotatable bonds is 2. The highest BCUT2D eigenvalue weighted by molar-refractivity contribution is 6.29. The minimum Gasteiger partial charge on any atom is -0.438 e. The van der Waals surface area contributed by atoms with Crippen LogP contribution in [0.15, 0.2) is 39.5 Å². The highest BCUT2D eigenvalue weighted by Gasteiger charge is 2.30. The summed E-state index contributed by atoms with van der Waals surface area (Å²) in [6.07, 6.45) is 0. The number of fused-ring (bicyclic) bond motifs is 1. The van der Waals surface area contributed by atoms with Gasteiger partial charge in [-0.2, -0.15) is 4.98 Å². The van der Waals surface area contributed by atoms with E-state index in [9.17, 15) is 4.79 Å². The van der Waals surface area contributed by atoms with Crippen molar-refractivity contribution in [3.8, 4) is 0 Å². The Labute approximate surface area is 135 Å². The van der Waals surface area contributed by atoms with Crippen molar-refractivity contribution in [2.75, 3.05) is 24.7 Å². The van der Waals surface area contributed by atoms with Gasteiger partial charge in [-0.3, -0.25) is 4.98 Å². The van der Waals surface area contributed by atoms with Crippen LogP contribution in [0.2, 0.25) is 5.15 Å². The molecule has 0 amide bonds. The molecule has 3 heterocycles. The predicted molar refractivity (Wildman–Crippen MR) is 84.8 cm³/mol. The zero-order valence-corrected chi connectivity index (χ0v) is 12.8. The first-order valence-electron chi connectivity index (χ1n) is 7.17. The fourth-order valence-electron chi connectivity index (χ4n) is 2.68. The Bertz CT molecular complexity index is 874. The number of hydrogen-bond acceptors (Lipinski definition) is 6. The standard InChI is InChI=1S/C15H13ClN4O3/c16-12-7-13(19-15(21)18-12)20-5-6-22-8-10(20)14-17-9-3-1-2-4-11(9)23-14/h1-4,7,10H,5-6,8H2,(H,18,19,21). The van der Waals surface area contributed by atoms with Crippen molar-refractivity contribution in [3.05, 3.63) is 51.9 Å². The SMILES string of the molecule is O=c1nc(N2CCOCC2c2nc3ccccc3o2)cc(Cl)[nH]1. The summed E-state index contributed by atoms with van der Waals surface area (Å²) in [6.45, 7) is 1.50.